The van der Waals surface area contributed by atoms with E-state index in [1.165, 1.54) is 13.8 Å². The summed E-state index contributed by atoms with van der Waals surface area (Å²) in [5.41, 5.74) is 1.92. The molecule has 0 amide bonds. The fourth-order valence-electron chi connectivity index (χ4n) is 5.36. The first-order chi connectivity index (χ1) is 21.1. The number of allylic oxidation sites excluding steroid dienone is 2. The van der Waals surface area contributed by atoms with Crippen molar-refractivity contribution in [1.29, 1.82) is 5.26 Å². The highest BCUT2D eigenvalue weighted by Crippen LogP contribution is 2.31. The third-order valence-corrected chi connectivity index (χ3v) is 9.66. The van der Waals surface area contributed by atoms with Crippen LogP contribution in [0.4, 0.5) is 5.69 Å². The molecule has 3 aromatic rings. The Morgan fingerprint density at radius 2 is 1.77 bits per heavy atom. The van der Waals surface area contributed by atoms with Crippen LogP contribution in [0.2, 0.25) is 0 Å². The number of rotatable bonds is 10. The van der Waals surface area contributed by atoms with Gasteiger partial charge in [-0.15, -0.1) is 0 Å². The standard InChI is InChI=1S/C31H38N4O8S/c1-19(28(17-32)44(39,40)34-18-27-30(37)29(36)20(2)31(38)43-27)25-7-8-26(42-25)23-4-3-22-16-24(6-5-21(22)15-23)33-9-10-35-11-13-41-14-12-35/h3-8,15-16,20,27,29-31,33-34,36-38H,9-14,18H2,1-2H3/b28-19+/t20-,27-,29-,30-,31?/m1/s1. The second-order valence-electron chi connectivity index (χ2n) is 11.1. The van der Waals surface area contributed by atoms with Crippen LogP contribution in [-0.2, 0) is 19.5 Å². The SMILES string of the molecule is C/C(=C(/C#N)S(=O)(=O)NC[C@H]1OC(O)[C@H](C)[C@@H](O)[C@@H]1O)c1ccc(-c2ccc3cc(NCCN4CCOCC4)ccc3c2)o1. The van der Waals surface area contributed by atoms with Crippen molar-refractivity contribution in [3.05, 3.63) is 59.2 Å². The van der Waals surface area contributed by atoms with Crippen molar-refractivity contribution in [2.75, 3.05) is 51.3 Å². The highest BCUT2D eigenvalue weighted by molar-refractivity contribution is 7.93. The summed E-state index contributed by atoms with van der Waals surface area (Å²) in [7, 11) is -4.35. The maximum atomic E-state index is 13.0. The molecule has 3 heterocycles. The lowest BCUT2D eigenvalue weighted by atomic mass is 9.92. The number of fused-ring (bicyclic) bond motifs is 1. The van der Waals surface area contributed by atoms with E-state index in [0.717, 1.165) is 61.4 Å². The van der Waals surface area contributed by atoms with Gasteiger partial charge in [0, 0.05) is 55.5 Å². The van der Waals surface area contributed by atoms with Gasteiger partial charge < -0.3 is 34.5 Å². The summed E-state index contributed by atoms with van der Waals surface area (Å²) >= 11 is 0. The zero-order chi connectivity index (χ0) is 31.4. The zero-order valence-corrected chi connectivity index (χ0v) is 25.5. The number of nitrogens with one attached hydrogen (secondary N) is 2. The Morgan fingerprint density at radius 1 is 1.05 bits per heavy atom. The molecule has 1 aromatic heterocycles. The van der Waals surface area contributed by atoms with E-state index in [4.69, 9.17) is 13.9 Å². The Hall–Kier alpha value is -3.32. The quantitative estimate of drug-likeness (QED) is 0.208. The number of ether oxygens (including phenoxy) is 2. The normalized spacial score (nSPS) is 25.4. The number of anilines is 1. The molecule has 2 fully saturated rings. The largest absolute Gasteiger partial charge is 0.456 e. The third kappa shape index (κ3) is 7.14. The smallest absolute Gasteiger partial charge is 0.251 e. The summed E-state index contributed by atoms with van der Waals surface area (Å²) < 4.78 is 45.0. The maximum Gasteiger partial charge on any atom is 0.251 e. The first-order valence-electron chi connectivity index (χ1n) is 14.6. The van der Waals surface area contributed by atoms with Gasteiger partial charge in [-0.2, -0.15) is 5.26 Å². The molecule has 2 aliphatic rings. The minimum atomic E-state index is -4.35. The highest BCUT2D eigenvalue weighted by Gasteiger charge is 2.42. The fourth-order valence-corrected chi connectivity index (χ4v) is 6.51. The fraction of sp³-hybridized carbons (Fsp3) is 0.452. The summed E-state index contributed by atoms with van der Waals surface area (Å²) in [6.45, 7) is 7.75. The number of aliphatic hydroxyl groups is 3. The van der Waals surface area contributed by atoms with Gasteiger partial charge in [-0.25, -0.2) is 13.1 Å². The Bertz CT molecular complexity index is 1640. The molecule has 5 N–H and O–H groups in total. The van der Waals surface area contributed by atoms with Crippen molar-refractivity contribution in [1.82, 2.24) is 9.62 Å². The minimum Gasteiger partial charge on any atom is -0.456 e. The molecule has 2 aromatic carbocycles. The molecule has 236 valence electrons. The Kier molecular flexibility index (Phi) is 10.0. The van der Waals surface area contributed by atoms with Gasteiger partial charge >= 0.3 is 0 Å². The number of sulfonamides is 1. The zero-order valence-electron chi connectivity index (χ0n) is 24.6. The number of benzene rings is 2. The van der Waals surface area contributed by atoms with E-state index < -0.39 is 52.0 Å². The number of hydrogen-bond acceptors (Lipinski definition) is 11. The Morgan fingerprint density at radius 3 is 2.52 bits per heavy atom. The van der Waals surface area contributed by atoms with Crippen molar-refractivity contribution < 1.29 is 37.6 Å². The summed E-state index contributed by atoms with van der Waals surface area (Å²) in [4.78, 5) is 1.81. The molecule has 5 rings (SSSR count). The van der Waals surface area contributed by atoms with Crippen molar-refractivity contribution in [3.63, 3.8) is 0 Å². The van der Waals surface area contributed by atoms with Crippen LogP contribution in [0.15, 0.2) is 57.9 Å². The second-order valence-corrected chi connectivity index (χ2v) is 12.8. The molecular formula is C31H38N4O8S. The number of aliphatic hydroxyl groups excluding tert-OH is 3. The molecule has 2 saturated heterocycles. The summed E-state index contributed by atoms with van der Waals surface area (Å²) in [6, 6.07) is 17.1. The van der Waals surface area contributed by atoms with E-state index in [0.29, 0.717) is 5.76 Å². The van der Waals surface area contributed by atoms with Crippen LogP contribution in [0.5, 0.6) is 0 Å². The highest BCUT2D eigenvalue weighted by atomic mass is 32.2. The van der Waals surface area contributed by atoms with Crippen molar-refractivity contribution in [2.45, 2.75) is 38.4 Å². The van der Waals surface area contributed by atoms with Crippen LogP contribution in [0, 0.1) is 17.2 Å². The number of furan rings is 1. The van der Waals surface area contributed by atoms with Crippen LogP contribution in [-0.4, -0.2) is 99.2 Å². The van der Waals surface area contributed by atoms with Gasteiger partial charge in [0.05, 0.1) is 19.3 Å². The molecule has 0 saturated carbocycles. The molecule has 0 aliphatic carbocycles. The third-order valence-electron chi connectivity index (χ3n) is 8.18. The molecule has 2 aliphatic heterocycles. The van der Waals surface area contributed by atoms with Crippen molar-refractivity contribution >= 4 is 32.1 Å². The van der Waals surface area contributed by atoms with E-state index in [-0.39, 0.29) is 11.3 Å². The number of nitrogens with zero attached hydrogens (tertiary/aromatic N) is 2. The van der Waals surface area contributed by atoms with Gasteiger partial charge in [0.2, 0.25) is 0 Å². The second kappa shape index (κ2) is 13.8. The lowest BCUT2D eigenvalue weighted by Crippen LogP contribution is -2.56. The van der Waals surface area contributed by atoms with Gasteiger partial charge in [0.1, 0.15) is 29.8 Å². The van der Waals surface area contributed by atoms with E-state index in [1.54, 1.807) is 18.2 Å². The summed E-state index contributed by atoms with van der Waals surface area (Å²) in [5, 5.41) is 45.6. The van der Waals surface area contributed by atoms with E-state index >= 15 is 0 Å². The van der Waals surface area contributed by atoms with Crippen LogP contribution in [0.3, 0.4) is 0 Å². The molecule has 0 radical (unpaired) electrons. The predicted molar refractivity (Wildman–Crippen MR) is 165 cm³/mol. The minimum absolute atomic E-state index is 0.0960. The van der Waals surface area contributed by atoms with E-state index in [2.05, 4.69) is 21.0 Å². The van der Waals surface area contributed by atoms with Gasteiger partial charge in [-0.3, -0.25) is 4.90 Å². The van der Waals surface area contributed by atoms with E-state index in [9.17, 15) is 29.0 Å². The molecule has 12 nitrogen and oxygen atoms in total. The monoisotopic (exact) mass is 626 g/mol. The first-order valence-corrected chi connectivity index (χ1v) is 16.0. The molecular weight excluding hydrogens is 588 g/mol. The average Bonchev–Trinajstić information content (AvgIpc) is 3.52. The van der Waals surface area contributed by atoms with E-state index in [1.807, 2.05) is 30.3 Å². The molecule has 44 heavy (non-hydrogen) atoms. The first kappa shape index (κ1) is 32.1. The predicted octanol–water partition coefficient (Wildman–Crippen LogP) is 2.09. The topological polar surface area (TPSA) is 178 Å². The lowest BCUT2D eigenvalue weighted by Gasteiger charge is -2.39. The van der Waals surface area contributed by atoms with Crippen LogP contribution < -0.4 is 10.0 Å². The van der Waals surface area contributed by atoms with Gasteiger partial charge in [0.15, 0.2) is 11.2 Å². The summed E-state index contributed by atoms with van der Waals surface area (Å²) in [5.74, 6) is -0.0430. The molecule has 1 unspecified atom stereocenters. The van der Waals surface area contributed by atoms with Crippen molar-refractivity contribution in [2.24, 2.45) is 5.92 Å². The number of nitriles is 1. The van der Waals surface area contributed by atoms with Crippen LogP contribution in [0.1, 0.15) is 19.6 Å². The number of hydrogen-bond donors (Lipinski definition) is 5. The Labute approximate surface area is 256 Å². The lowest BCUT2D eigenvalue weighted by molar-refractivity contribution is -0.257. The molecule has 0 bridgehead atoms. The molecule has 5 atom stereocenters. The van der Waals surface area contributed by atoms with Gasteiger partial charge in [-0.1, -0.05) is 25.1 Å². The van der Waals surface area contributed by atoms with Gasteiger partial charge in [0.25, 0.3) is 10.0 Å². The number of morpholine rings is 1. The van der Waals surface area contributed by atoms with Crippen LogP contribution >= 0.6 is 0 Å². The molecule has 0 spiro atoms. The van der Waals surface area contributed by atoms with Crippen molar-refractivity contribution in [3.8, 4) is 17.4 Å². The summed E-state index contributed by atoms with van der Waals surface area (Å²) in [6.07, 6.45) is -5.32. The Balaban J connectivity index is 1.26. The maximum absolute atomic E-state index is 13.0. The van der Waals surface area contributed by atoms with Crippen LogP contribution in [0.25, 0.3) is 27.7 Å². The van der Waals surface area contributed by atoms with Gasteiger partial charge in [-0.05, 0) is 48.0 Å². The molecule has 13 heteroatoms. The average molecular weight is 627 g/mol.